The van der Waals surface area contributed by atoms with Crippen molar-refractivity contribution in [2.45, 2.75) is 71.3 Å². The summed E-state index contributed by atoms with van der Waals surface area (Å²) in [6.07, 6.45) is 3.78. The van der Waals surface area contributed by atoms with Crippen molar-refractivity contribution < 1.29 is 18.9 Å². The zero-order valence-electron chi connectivity index (χ0n) is 15.8. The SMILES string of the molecule is COCCCOC(C)CC1OCCN(CCCOC(C)C)[C@H]1C. The molecule has 0 aromatic rings. The van der Waals surface area contributed by atoms with E-state index in [2.05, 4.69) is 32.6 Å². The molecule has 0 bridgehead atoms. The van der Waals surface area contributed by atoms with Crippen molar-refractivity contribution >= 4 is 0 Å². The number of ether oxygens (including phenoxy) is 4. The minimum Gasteiger partial charge on any atom is -0.385 e. The average Bonchev–Trinajstić information content (AvgIpc) is 2.51. The van der Waals surface area contributed by atoms with Gasteiger partial charge in [0.25, 0.3) is 0 Å². The molecule has 1 heterocycles. The Kier molecular flexibility index (Phi) is 11.1. The fraction of sp³-hybridized carbons (Fsp3) is 1.00. The lowest BCUT2D eigenvalue weighted by molar-refractivity contribution is -0.0905. The maximum atomic E-state index is 5.99. The second kappa shape index (κ2) is 12.2. The molecule has 0 spiro atoms. The number of rotatable bonds is 12. The van der Waals surface area contributed by atoms with Crippen LogP contribution in [0.25, 0.3) is 0 Å². The van der Waals surface area contributed by atoms with Gasteiger partial charge in [-0.3, -0.25) is 4.90 Å². The van der Waals surface area contributed by atoms with Crippen LogP contribution in [0.3, 0.4) is 0 Å². The normalized spacial score (nSPS) is 24.3. The summed E-state index contributed by atoms with van der Waals surface area (Å²) in [6, 6.07) is 0.438. The molecular formula is C18H37NO4. The van der Waals surface area contributed by atoms with Crippen LogP contribution < -0.4 is 0 Å². The fourth-order valence-electron chi connectivity index (χ4n) is 2.95. The summed E-state index contributed by atoms with van der Waals surface area (Å²) in [5, 5.41) is 0. The molecule has 1 aliphatic rings. The molecule has 0 aliphatic carbocycles. The van der Waals surface area contributed by atoms with E-state index in [4.69, 9.17) is 18.9 Å². The van der Waals surface area contributed by atoms with Crippen LogP contribution in [-0.2, 0) is 18.9 Å². The van der Waals surface area contributed by atoms with Crippen LogP contribution in [0.2, 0.25) is 0 Å². The van der Waals surface area contributed by atoms with Gasteiger partial charge in [0, 0.05) is 52.5 Å². The summed E-state index contributed by atoms with van der Waals surface area (Å²) in [4.78, 5) is 2.52. The number of hydrogen-bond donors (Lipinski definition) is 0. The zero-order chi connectivity index (χ0) is 17.1. The zero-order valence-corrected chi connectivity index (χ0v) is 15.8. The number of morpholine rings is 1. The van der Waals surface area contributed by atoms with Gasteiger partial charge in [-0.15, -0.1) is 0 Å². The molecule has 0 radical (unpaired) electrons. The van der Waals surface area contributed by atoms with E-state index in [1.165, 1.54) is 0 Å². The highest BCUT2D eigenvalue weighted by molar-refractivity contribution is 4.82. The van der Waals surface area contributed by atoms with E-state index >= 15 is 0 Å². The van der Waals surface area contributed by atoms with Crippen LogP contribution in [-0.4, -0.2) is 75.9 Å². The van der Waals surface area contributed by atoms with Crippen LogP contribution in [0.4, 0.5) is 0 Å². The lowest BCUT2D eigenvalue weighted by Crippen LogP contribution is -2.51. The van der Waals surface area contributed by atoms with E-state index in [1.807, 2.05) is 0 Å². The van der Waals surface area contributed by atoms with E-state index in [1.54, 1.807) is 7.11 Å². The van der Waals surface area contributed by atoms with Crippen molar-refractivity contribution in [3.63, 3.8) is 0 Å². The maximum absolute atomic E-state index is 5.99. The highest BCUT2D eigenvalue weighted by atomic mass is 16.5. The molecule has 0 N–H and O–H groups in total. The van der Waals surface area contributed by atoms with Gasteiger partial charge >= 0.3 is 0 Å². The Labute approximate surface area is 142 Å². The largest absolute Gasteiger partial charge is 0.385 e. The highest BCUT2D eigenvalue weighted by Gasteiger charge is 2.29. The molecule has 1 saturated heterocycles. The van der Waals surface area contributed by atoms with Gasteiger partial charge in [0.15, 0.2) is 0 Å². The molecule has 1 rings (SSSR count). The van der Waals surface area contributed by atoms with Gasteiger partial charge in [-0.25, -0.2) is 0 Å². The van der Waals surface area contributed by atoms with Crippen molar-refractivity contribution in [3.05, 3.63) is 0 Å². The van der Waals surface area contributed by atoms with E-state index < -0.39 is 0 Å². The third kappa shape index (κ3) is 9.01. The Morgan fingerprint density at radius 1 is 1.09 bits per heavy atom. The number of nitrogens with zero attached hydrogens (tertiary/aromatic N) is 1. The molecule has 23 heavy (non-hydrogen) atoms. The summed E-state index contributed by atoms with van der Waals surface area (Å²) < 4.78 is 22.5. The predicted octanol–water partition coefficient (Wildman–Crippen LogP) is 2.72. The van der Waals surface area contributed by atoms with Gasteiger partial charge in [-0.1, -0.05) is 0 Å². The smallest absolute Gasteiger partial charge is 0.0752 e. The second-order valence-corrected chi connectivity index (χ2v) is 6.72. The quantitative estimate of drug-likeness (QED) is 0.514. The number of methoxy groups -OCH3 is 1. The molecule has 1 fully saturated rings. The van der Waals surface area contributed by atoms with Crippen molar-refractivity contribution in [2.24, 2.45) is 0 Å². The molecule has 0 amide bonds. The predicted molar refractivity (Wildman–Crippen MR) is 93.0 cm³/mol. The van der Waals surface area contributed by atoms with Gasteiger partial charge in [-0.05, 0) is 40.5 Å². The van der Waals surface area contributed by atoms with Crippen molar-refractivity contribution in [2.75, 3.05) is 46.6 Å². The van der Waals surface area contributed by atoms with Crippen LogP contribution in [0.5, 0.6) is 0 Å². The first-order chi connectivity index (χ1) is 11.0. The van der Waals surface area contributed by atoms with Crippen LogP contribution >= 0.6 is 0 Å². The molecule has 3 atom stereocenters. The Balaban J connectivity index is 2.24. The first-order valence-electron chi connectivity index (χ1n) is 9.12. The highest BCUT2D eigenvalue weighted by Crippen LogP contribution is 2.19. The summed E-state index contributed by atoms with van der Waals surface area (Å²) in [5.41, 5.74) is 0. The fourth-order valence-corrected chi connectivity index (χ4v) is 2.95. The lowest BCUT2D eigenvalue weighted by atomic mass is 10.0. The van der Waals surface area contributed by atoms with E-state index in [0.29, 0.717) is 12.1 Å². The molecule has 0 saturated carbocycles. The first kappa shape index (κ1) is 20.8. The molecule has 0 aromatic heterocycles. The Morgan fingerprint density at radius 2 is 1.83 bits per heavy atom. The average molecular weight is 331 g/mol. The Hall–Kier alpha value is -0.200. The van der Waals surface area contributed by atoms with Gasteiger partial charge < -0.3 is 18.9 Å². The maximum Gasteiger partial charge on any atom is 0.0752 e. The molecule has 2 unspecified atom stereocenters. The Bertz CT molecular complexity index is 288. The topological polar surface area (TPSA) is 40.2 Å². The summed E-state index contributed by atoms with van der Waals surface area (Å²) in [6.45, 7) is 13.8. The van der Waals surface area contributed by atoms with E-state index in [-0.39, 0.29) is 12.2 Å². The minimum absolute atomic E-state index is 0.225. The summed E-state index contributed by atoms with van der Waals surface area (Å²) in [7, 11) is 1.72. The van der Waals surface area contributed by atoms with Crippen molar-refractivity contribution in [1.29, 1.82) is 0 Å². The first-order valence-corrected chi connectivity index (χ1v) is 9.12. The molecule has 5 nitrogen and oxygen atoms in total. The monoisotopic (exact) mass is 331 g/mol. The standard InChI is InChI=1S/C18H37NO4/c1-15(2)21-11-6-8-19-9-13-23-18(17(19)4)14-16(3)22-12-7-10-20-5/h15-18H,6-14H2,1-5H3/t16?,17-,18?/m0/s1. The minimum atomic E-state index is 0.225. The summed E-state index contributed by atoms with van der Waals surface area (Å²) >= 11 is 0. The lowest BCUT2D eigenvalue weighted by Gasteiger charge is -2.40. The van der Waals surface area contributed by atoms with Crippen LogP contribution in [0.1, 0.15) is 47.0 Å². The van der Waals surface area contributed by atoms with Gasteiger partial charge in [0.2, 0.25) is 0 Å². The molecule has 1 aliphatic heterocycles. The summed E-state index contributed by atoms with van der Waals surface area (Å²) in [5.74, 6) is 0. The van der Waals surface area contributed by atoms with Crippen LogP contribution in [0.15, 0.2) is 0 Å². The van der Waals surface area contributed by atoms with E-state index in [9.17, 15) is 0 Å². The third-order valence-corrected chi connectivity index (χ3v) is 4.32. The van der Waals surface area contributed by atoms with Crippen molar-refractivity contribution in [3.8, 4) is 0 Å². The van der Waals surface area contributed by atoms with Crippen molar-refractivity contribution in [1.82, 2.24) is 4.90 Å². The molecule has 0 aromatic carbocycles. The second-order valence-electron chi connectivity index (χ2n) is 6.72. The molecule has 5 heteroatoms. The van der Waals surface area contributed by atoms with Gasteiger partial charge in [0.1, 0.15) is 0 Å². The van der Waals surface area contributed by atoms with Crippen LogP contribution in [0, 0.1) is 0 Å². The third-order valence-electron chi connectivity index (χ3n) is 4.32. The number of hydrogen-bond acceptors (Lipinski definition) is 5. The molecular weight excluding hydrogens is 294 g/mol. The van der Waals surface area contributed by atoms with E-state index in [0.717, 1.165) is 58.8 Å². The Morgan fingerprint density at radius 3 is 2.52 bits per heavy atom. The van der Waals surface area contributed by atoms with Gasteiger partial charge in [0.05, 0.1) is 24.9 Å². The molecule has 138 valence electrons. The van der Waals surface area contributed by atoms with Gasteiger partial charge in [-0.2, -0.15) is 0 Å².